The van der Waals surface area contributed by atoms with Crippen molar-refractivity contribution in [1.82, 2.24) is 0 Å². The van der Waals surface area contributed by atoms with Gasteiger partial charge >= 0.3 is 17.9 Å². The van der Waals surface area contributed by atoms with Crippen LogP contribution in [0.15, 0.2) is 48.6 Å². The highest BCUT2D eigenvalue weighted by Crippen LogP contribution is 2.51. The van der Waals surface area contributed by atoms with Crippen LogP contribution in [0.3, 0.4) is 0 Å². The molecule has 0 aromatic rings. The Balaban J connectivity index is 1.33. The molecule has 324 valence electrons. The zero-order valence-electron chi connectivity index (χ0n) is 36.4. The Morgan fingerprint density at radius 2 is 1.00 bits per heavy atom. The summed E-state index contributed by atoms with van der Waals surface area (Å²) in [5, 5.41) is 0. The van der Waals surface area contributed by atoms with Crippen LogP contribution in [0, 0.1) is 11.3 Å². The minimum atomic E-state index is -0.781. The van der Waals surface area contributed by atoms with E-state index in [4.69, 9.17) is 18.9 Å². The predicted octanol–water partition coefficient (Wildman–Crippen LogP) is 13.3. The number of unbranched alkanes of at least 4 members (excludes halogenated alkanes) is 16. The molecule has 0 N–H and O–H groups in total. The van der Waals surface area contributed by atoms with Crippen molar-refractivity contribution in [1.29, 1.82) is 0 Å². The van der Waals surface area contributed by atoms with Crippen LogP contribution >= 0.6 is 0 Å². The second kappa shape index (κ2) is 31.3. The maximum absolute atomic E-state index is 13.3. The van der Waals surface area contributed by atoms with Crippen LogP contribution in [-0.2, 0) is 33.3 Å². The number of ether oxygens (including phenoxy) is 4. The van der Waals surface area contributed by atoms with Gasteiger partial charge in [-0.15, -0.1) is 0 Å². The number of fused-ring (bicyclic) bond motifs is 3. The Morgan fingerprint density at radius 3 is 1.49 bits per heavy atom. The fourth-order valence-electron chi connectivity index (χ4n) is 8.51. The van der Waals surface area contributed by atoms with E-state index in [0.717, 1.165) is 134 Å². The van der Waals surface area contributed by atoms with Crippen molar-refractivity contribution >= 4 is 17.9 Å². The SMILES string of the molecule is CCCCC/C=C\C/C=C\CCCCCCCC(=O)OC1CO[C@H](COC(=O)C23CCC(CC2)CC3)C1OC(=O)CCCCCCC/C=C\C/C=C\CCCCC. The smallest absolute Gasteiger partial charge is 0.312 e. The van der Waals surface area contributed by atoms with Gasteiger partial charge in [-0.2, -0.15) is 0 Å². The summed E-state index contributed by atoms with van der Waals surface area (Å²) in [7, 11) is 0. The molecule has 0 aromatic carbocycles. The Kier molecular flexibility index (Phi) is 26.7. The first-order valence-corrected chi connectivity index (χ1v) is 23.7. The Labute approximate surface area is 348 Å². The number of hydrogen-bond acceptors (Lipinski definition) is 7. The highest BCUT2D eigenvalue weighted by Gasteiger charge is 2.48. The van der Waals surface area contributed by atoms with Gasteiger partial charge in [-0.25, -0.2) is 0 Å². The van der Waals surface area contributed by atoms with Gasteiger partial charge in [0.25, 0.3) is 0 Å². The van der Waals surface area contributed by atoms with Crippen molar-refractivity contribution in [3.05, 3.63) is 48.6 Å². The average Bonchev–Trinajstić information content (AvgIpc) is 3.59. The lowest BCUT2D eigenvalue weighted by molar-refractivity contribution is -0.173. The lowest BCUT2D eigenvalue weighted by Gasteiger charge is -2.44. The third kappa shape index (κ3) is 21.2. The number of esters is 3. The maximum atomic E-state index is 13.3. The molecule has 0 amide bonds. The van der Waals surface area contributed by atoms with Crippen LogP contribution in [0.5, 0.6) is 0 Å². The highest BCUT2D eigenvalue weighted by atomic mass is 16.6. The molecule has 2 bridgehead atoms. The average molecular weight is 795 g/mol. The van der Waals surface area contributed by atoms with Crippen molar-refractivity contribution in [2.45, 2.75) is 225 Å². The molecule has 1 aliphatic heterocycles. The number of carbonyl (C=O) groups is 3. The summed E-state index contributed by atoms with van der Waals surface area (Å²) < 4.78 is 23.7. The van der Waals surface area contributed by atoms with E-state index in [9.17, 15) is 14.4 Å². The van der Waals surface area contributed by atoms with E-state index in [1.54, 1.807) is 0 Å². The van der Waals surface area contributed by atoms with E-state index in [2.05, 4.69) is 62.5 Å². The summed E-state index contributed by atoms with van der Waals surface area (Å²) in [6.07, 6.45) is 47.3. The molecule has 0 spiro atoms. The zero-order valence-corrected chi connectivity index (χ0v) is 36.4. The third-order valence-corrected chi connectivity index (χ3v) is 12.3. The van der Waals surface area contributed by atoms with Gasteiger partial charge in [-0.1, -0.05) is 127 Å². The summed E-state index contributed by atoms with van der Waals surface area (Å²) in [4.78, 5) is 39.3. The second-order valence-electron chi connectivity index (χ2n) is 17.2. The van der Waals surface area contributed by atoms with Gasteiger partial charge in [-0.05, 0) is 121 Å². The molecule has 4 fully saturated rings. The van der Waals surface area contributed by atoms with E-state index >= 15 is 0 Å². The number of rotatable bonds is 33. The molecule has 1 saturated heterocycles. The quantitative estimate of drug-likeness (QED) is 0.0283. The van der Waals surface area contributed by atoms with Crippen molar-refractivity contribution in [2.75, 3.05) is 13.2 Å². The molecular weight excluding hydrogens is 713 g/mol. The van der Waals surface area contributed by atoms with Crippen LogP contribution in [0.25, 0.3) is 0 Å². The van der Waals surface area contributed by atoms with Crippen LogP contribution < -0.4 is 0 Å². The van der Waals surface area contributed by atoms with E-state index in [1.807, 2.05) is 0 Å². The topological polar surface area (TPSA) is 88.1 Å². The van der Waals surface area contributed by atoms with E-state index in [1.165, 1.54) is 51.4 Å². The highest BCUT2D eigenvalue weighted by molar-refractivity contribution is 5.77. The van der Waals surface area contributed by atoms with Gasteiger partial charge in [0.05, 0.1) is 12.0 Å². The summed E-state index contributed by atoms with van der Waals surface area (Å²) >= 11 is 0. The van der Waals surface area contributed by atoms with Gasteiger partial charge in [0.2, 0.25) is 0 Å². The van der Waals surface area contributed by atoms with E-state index in [-0.39, 0.29) is 36.5 Å². The van der Waals surface area contributed by atoms with Gasteiger partial charge in [-0.3, -0.25) is 14.4 Å². The van der Waals surface area contributed by atoms with Crippen molar-refractivity contribution in [3.63, 3.8) is 0 Å². The standard InChI is InChI=1S/C50H82O7/c1-3-5-7-9-11-13-15-17-19-21-23-25-27-29-31-33-46(51)56-45-42-54-44(41-55-49(53)50-38-35-43(36-39-50)37-40-50)48(45)57-47(52)34-32-30-28-26-24-22-20-18-16-14-12-10-8-6-4-2/h11-14,17-20,43-45,48H,3-10,15-16,21-42H2,1-2H3/b13-11-,14-12-,19-17-,20-18-/t43?,44-,45?,48?,50?/m1/s1. The molecule has 4 aliphatic rings. The van der Waals surface area contributed by atoms with Crippen LogP contribution in [0.1, 0.15) is 206 Å². The van der Waals surface area contributed by atoms with E-state index < -0.39 is 18.3 Å². The first kappa shape index (κ1) is 48.7. The fraction of sp³-hybridized carbons (Fsp3) is 0.780. The van der Waals surface area contributed by atoms with Gasteiger partial charge < -0.3 is 18.9 Å². The Hall–Kier alpha value is -2.67. The van der Waals surface area contributed by atoms with Crippen molar-refractivity contribution < 1.29 is 33.3 Å². The second-order valence-corrected chi connectivity index (χ2v) is 17.2. The zero-order chi connectivity index (χ0) is 40.7. The molecule has 4 rings (SSSR count). The summed E-state index contributed by atoms with van der Waals surface area (Å²) in [5.41, 5.74) is -0.381. The molecule has 3 aliphatic carbocycles. The number of allylic oxidation sites excluding steroid dienone is 8. The normalized spacial score (nSPS) is 23.4. The van der Waals surface area contributed by atoms with Crippen molar-refractivity contribution in [2.24, 2.45) is 11.3 Å². The number of hydrogen-bond donors (Lipinski definition) is 0. The van der Waals surface area contributed by atoms with Crippen LogP contribution in [0.2, 0.25) is 0 Å². The summed E-state index contributed by atoms with van der Waals surface area (Å²) in [6.45, 7) is 4.61. The molecule has 2 unspecified atom stereocenters. The van der Waals surface area contributed by atoms with Crippen molar-refractivity contribution in [3.8, 4) is 0 Å². The first-order valence-electron chi connectivity index (χ1n) is 23.7. The van der Waals surface area contributed by atoms with Gasteiger partial charge in [0, 0.05) is 12.8 Å². The first-order chi connectivity index (χ1) is 28.0. The lowest BCUT2D eigenvalue weighted by atomic mass is 9.61. The molecule has 3 saturated carbocycles. The monoisotopic (exact) mass is 795 g/mol. The molecule has 1 heterocycles. The van der Waals surface area contributed by atoms with Crippen LogP contribution in [-0.4, -0.2) is 49.4 Å². The fourth-order valence-corrected chi connectivity index (χ4v) is 8.51. The molecule has 0 aromatic heterocycles. The molecule has 3 atom stereocenters. The van der Waals surface area contributed by atoms with Crippen LogP contribution in [0.4, 0.5) is 0 Å². The third-order valence-electron chi connectivity index (χ3n) is 12.3. The Bertz CT molecular complexity index is 1180. The largest absolute Gasteiger partial charge is 0.462 e. The van der Waals surface area contributed by atoms with E-state index in [0.29, 0.717) is 12.8 Å². The molecular formula is C50H82O7. The molecule has 0 radical (unpaired) electrons. The maximum Gasteiger partial charge on any atom is 0.312 e. The number of carbonyl (C=O) groups excluding carboxylic acids is 3. The predicted molar refractivity (Wildman–Crippen MR) is 233 cm³/mol. The molecule has 7 nitrogen and oxygen atoms in total. The Morgan fingerprint density at radius 1 is 0.561 bits per heavy atom. The molecule has 57 heavy (non-hydrogen) atoms. The van der Waals surface area contributed by atoms with Gasteiger partial charge in [0.15, 0.2) is 12.2 Å². The lowest BCUT2D eigenvalue weighted by Crippen LogP contribution is -2.44. The van der Waals surface area contributed by atoms with Gasteiger partial charge in [0.1, 0.15) is 12.7 Å². The minimum Gasteiger partial charge on any atom is -0.462 e. The molecule has 7 heteroatoms. The summed E-state index contributed by atoms with van der Waals surface area (Å²) in [5.74, 6) is -0.00580. The summed E-state index contributed by atoms with van der Waals surface area (Å²) in [6, 6.07) is 0. The minimum absolute atomic E-state index is 0.00460.